The maximum absolute atomic E-state index is 12.0. The Kier molecular flexibility index (Phi) is 7.24. The average Bonchev–Trinajstić information content (AvgIpc) is 2.97. The molecule has 1 aromatic rings. The molecule has 0 aliphatic carbocycles. The third kappa shape index (κ3) is 6.07. The number of amides is 1. The van der Waals surface area contributed by atoms with E-state index in [1.54, 1.807) is 0 Å². The largest absolute Gasteiger partial charge is 0.356 e. The summed E-state index contributed by atoms with van der Waals surface area (Å²) in [5, 5.41) is 2.93. The van der Waals surface area contributed by atoms with Crippen LogP contribution in [0.2, 0.25) is 0 Å². The van der Waals surface area contributed by atoms with E-state index in [4.69, 9.17) is 0 Å². The molecule has 1 N–H and O–H groups in total. The van der Waals surface area contributed by atoms with Gasteiger partial charge >= 0.3 is 0 Å². The van der Waals surface area contributed by atoms with Crippen molar-refractivity contribution in [1.82, 2.24) is 10.2 Å². The molecule has 2 rings (SSSR count). The number of piperidine rings is 1. The van der Waals surface area contributed by atoms with Gasteiger partial charge in [0.15, 0.2) is 5.78 Å². The summed E-state index contributed by atoms with van der Waals surface area (Å²) in [4.78, 5) is 28.2. The van der Waals surface area contributed by atoms with Crippen molar-refractivity contribution in [3.8, 4) is 0 Å². The monoisotopic (exact) mass is 336 g/mol. The van der Waals surface area contributed by atoms with Gasteiger partial charge in [-0.3, -0.25) is 9.59 Å². The van der Waals surface area contributed by atoms with Gasteiger partial charge in [0.2, 0.25) is 5.91 Å². The molecule has 4 nitrogen and oxygen atoms in total. The van der Waals surface area contributed by atoms with Crippen molar-refractivity contribution in [2.24, 2.45) is 0 Å². The number of Topliss-reactive ketones (excluding diaryl/α,β-unsaturated/α-hetero) is 1. The lowest BCUT2D eigenvalue weighted by Crippen LogP contribution is -2.39. The second-order valence-corrected chi connectivity index (χ2v) is 7.71. The van der Waals surface area contributed by atoms with Crippen molar-refractivity contribution in [1.29, 1.82) is 0 Å². The summed E-state index contributed by atoms with van der Waals surface area (Å²) >= 11 is 1.50. The molecular formula is C18H28N2O2S. The molecule has 0 bridgehead atoms. The molecule has 1 saturated heterocycles. The van der Waals surface area contributed by atoms with Gasteiger partial charge in [-0.1, -0.05) is 6.42 Å². The van der Waals surface area contributed by atoms with Gasteiger partial charge in [0.1, 0.15) is 0 Å². The summed E-state index contributed by atoms with van der Waals surface area (Å²) in [6.45, 7) is 7.21. The number of thiophene rings is 1. The zero-order chi connectivity index (χ0) is 16.7. The molecule has 1 unspecified atom stereocenters. The van der Waals surface area contributed by atoms with E-state index in [0.717, 1.165) is 22.7 Å². The molecule has 0 saturated carbocycles. The summed E-state index contributed by atoms with van der Waals surface area (Å²) in [5.74, 6) is 0.0544. The number of nitrogens with one attached hydrogen (secondary N) is 1. The van der Waals surface area contributed by atoms with Crippen LogP contribution < -0.4 is 5.32 Å². The van der Waals surface area contributed by atoms with Gasteiger partial charge in [-0.2, -0.15) is 0 Å². The van der Waals surface area contributed by atoms with E-state index in [1.807, 2.05) is 19.1 Å². The number of carbonyl (C=O) groups excluding carboxylic acids is 2. The number of rotatable bonds is 8. The zero-order valence-corrected chi connectivity index (χ0v) is 15.1. The number of hydrogen-bond donors (Lipinski definition) is 1. The fourth-order valence-corrected chi connectivity index (χ4v) is 3.86. The number of likely N-dealkylation sites (tertiary alicyclic amines) is 1. The molecule has 1 aromatic heterocycles. The van der Waals surface area contributed by atoms with Gasteiger partial charge in [-0.05, 0) is 51.8 Å². The summed E-state index contributed by atoms with van der Waals surface area (Å²) in [7, 11) is 0. The van der Waals surface area contributed by atoms with Gasteiger partial charge in [0.25, 0.3) is 0 Å². The highest BCUT2D eigenvalue weighted by Crippen LogP contribution is 2.17. The van der Waals surface area contributed by atoms with E-state index in [-0.39, 0.29) is 18.1 Å². The molecule has 0 aromatic carbocycles. The second-order valence-electron chi connectivity index (χ2n) is 6.42. The quantitative estimate of drug-likeness (QED) is 0.585. The van der Waals surface area contributed by atoms with Crippen molar-refractivity contribution >= 4 is 23.0 Å². The van der Waals surface area contributed by atoms with Crippen LogP contribution in [0.25, 0.3) is 0 Å². The molecule has 0 radical (unpaired) electrons. The van der Waals surface area contributed by atoms with E-state index < -0.39 is 0 Å². The van der Waals surface area contributed by atoms with E-state index >= 15 is 0 Å². The van der Waals surface area contributed by atoms with Crippen molar-refractivity contribution in [2.45, 2.75) is 58.4 Å². The molecule has 2 heterocycles. The van der Waals surface area contributed by atoms with Gasteiger partial charge in [0.05, 0.1) is 4.88 Å². The van der Waals surface area contributed by atoms with Crippen LogP contribution in [0.1, 0.15) is 60.0 Å². The topological polar surface area (TPSA) is 49.4 Å². The lowest BCUT2D eigenvalue weighted by atomic mass is 10.0. The lowest BCUT2D eigenvalue weighted by molar-refractivity contribution is -0.121. The number of ketones is 1. The first-order valence-electron chi connectivity index (χ1n) is 8.66. The maximum atomic E-state index is 12.0. The predicted octanol–water partition coefficient (Wildman–Crippen LogP) is 3.40. The number of nitrogens with zero attached hydrogens (tertiary/aromatic N) is 1. The Morgan fingerprint density at radius 1 is 1.30 bits per heavy atom. The number of carbonyl (C=O) groups is 2. The third-order valence-corrected chi connectivity index (χ3v) is 5.52. The molecule has 1 aliphatic rings. The highest BCUT2D eigenvalue weighted by Gasteiger charge is 2.17. The highest BCUT2D eigenvalue weighted by molar-refractivity contribution is 7.14. The fraction of sp³-hybridized carbons (Fsp3) is 0.667. The molecule has 1 atom stereocenters. The average molecular weight is 337 g/mol. The molecule has 0 spiro atoms. The van der Waals surface area contributed by atoms with E-state index in [9.17, 15) is 9.59 Å². The van der Waals surface area contributed by atoms with Crippen LogP contribution in [0.3, 0.4) is 0 Å². The number of hydrogen-bond acceptors (Lipinski definition) is 4. The summed E-state index contributed by atoms with van der Waals surface area (Å²) in [6, 6.07) is 4.46. The molecule has 1 fully saturated rings. The fourth-order valence-electron chi connectivity index (χ4n) is 3.02. The van der Waals surface area contributed by atoms with Crippen LogP contribution in [0.15, 0.2) is 12.1 Å². The first-order chi connectivity index (χ1) is 11.1. The van der Waals surface area contributed by atoms with Crippen LogP contribution in [0.5, 0.6) is 0 Å². The molecule has 23 heavy (non-hydrogen) atoms. The smallest absolute Gasteiger partial charge is 0.220 e. The predicted molar refractivity (Wildman–Crippen MR) is 95.1 cm³/mol. The first-order valence-corrected chi connectivity index (χ1v) is 9.48. The van der Waals surface area contributed by atoms with Crippen molar-refractivity contribution in [3.05, 3.63) is 21.9 Å². The molecular weight excluding hydrogens is 308 g/mol. The minimum atomic E-state index is -0.0154. The molecule has 5 heteroatoms. The van der Waals surface area contributed by atoms with Crippen molar-refractivity contribution < 1.29 is 9.59 Å². The van der Waals surface area contributed by atoms with E-state index in [2.05, 4.69) is 17.1 Å². The summed E-state index contributed by atoms with van der Waals surface area (Å²) in [6.07, 6.45) is 5.49. The Balaban J connectivity index is 1.57. The van der Waals surface area contributed by atoms with Crippen LogP contribution >= 0.6 is 11.3 Å². The Morgan fingerprint density at radius 3 is 2.83 bits per heavy atom. The van der Waals surface area contributed by atoms with Gasteiger partial charge in [0, 0.05) is 36.9 Å². The Morgan fingerprint density at radius 2 is 2.13 bits per heavy atom. The van der Waals surface area contributed by atoms with Crippen LogP contribution in [-0.4, -0.2) is 42.3 Å². The van der Waals surface area contributed by atoms with Gasteiger partial charge in [-0.25, -0.2) is 0 Å². The van der Waals surface area contributed by atoms with E-state index in [0.29, 0.717) is 19.0 Å². The highest BCUT2D eigenvalue weighted by atomic mass is 32.1. The molecule has 1 aliphatic heterocycles. The Hall–Kier alpha value is -1.20. The molecule has 128 valence electrons. The van der Waals surface area contributed by atoms with Crippen LogP contribution in [0, 0.1) is 6.92 Å². The SMILES string of the molecule is Cc1ccc(C(=O)CCC(=O)NCCCN2CCCCC2C)s1. The molecule has 1 amide bonds. The van der Waals surface area contributed by atoms with Crippen molar-refractivity contribution in [3.63, 3.8) is 0 Å². The number of aryl methyl sites for hydroxylation is 1. The minimum absolute atomic E-state index is 0.0154. The zero-order valence-electron chi connectivity index (χ0n) is 14.3. The second kappa shape index (κ2) is 9.18. The minimum Gasteiger partial charge on any atom is -0.356 e. The Labute approximate surface area is 143 Å². The standard InChI is InChI=1S/C18H28N2O2S/c1-14-6-3-4-12-20(14)13-5-11-19-18(22)10-8-16(21)17-9-7-15(2)23-17/h7,9,14H,3-6,8,10-13H2,1-2H3,(H,19,22). The van der Waals surface area contributed by atoms with Crippen LogP contribution in [0.4, 0.5) is 0 Å². The van der Waals surface area contributed by atoms with Gasteiger partial charge < -0.3 is 10.2 Å². The normalized spacial score (nSPS) is 18.8. The summed E-state index contributed by atoms with van der Waals surface area (Å²) in [5.41, 5.74) is 0. The first kappa shape index (κ1) is 18.1. The van der Waals surface area contributed by atoms with Crippen molar-refractivity contribution in [2.75, 3.05) is 19.6 Å². The lowest BCUT2D eigenvalue weighted by Gasteiger charge is -2.33. The van der Waals surface area contributed by atoms with E-state index in [1.165, 1.54) is 37.1 Å². The summed E-state index contributed by atoms with van der Waals surface area (Å²) < 4.78 is 0. The third-order valence-electron chi connectivity index (χ3n) is 4.48. The van der Waals surface area contributed by atoms with Gasteiger partial charge in [-0.15, -0.1) is 11.3 Å². The Bertz CT molecular complexity index is 527. The maximum Gasteiger partial charge on any atom is 0.220 e. The van der Waals surface area contributed by atoms with Crippen LogP contribution in [-0.2, 0) is 4.79 Å².